The van der Waals surface area contributed by atoms with E-state index >= 15 is 0 Å². The molecule has 3 rings (SSSR count). The minimum atomic E-state index is -0.310. The van der Waals surface area contributed by atoms with Crippen LogP contribution in [-0.4, -0.2) is 33.8 Å². The van der Waals surface area contributed by atoms with Gasteiger partial charge in [-0.15, -0.1) is 0 Å². The summed E-state index contributed by atoms with van der Waals surface area (Å²) in [4.78, 5) is 18.9. The zero-order chi connectivity index (χ0) is 15.4. The third-order valence-corrected chi connectivity index (χ3v) is 4.01. The van der Waals surface area contributed by atoms with E-state index in [-0.39, 0.29) is 11.9 Å². The lowest BCUT2D eigenvalue weighted by Crippen LogP contribution is -2.31. The smallest absolute Gasteiger partial charge is 0.244 e. The predicted octanol–water partition coefficient (Wildman–Crippen LogP) is 1.76. The standard InChI is InChI=1S/C16H21N5O/c1-13(21-10-4-6-19-21)16(22)18-12-14-5-7-17-15(11-14)20-8-2-3-9-20/h4-7,10-11,13H,2-3,8-9,12H2,1H3,(H,18,22)/t13-/m0/s1. The number of hydrogen-bond donors (Lipinski definition) is 1. The Morgan fingerprint density at radius 3 is 2.91 bits per heavy atom. The van der Waals surface area contributed by atoms with Crippen molar-refractivity contribution in [1.29, 1.82) is 0 Å². The molecule has 0 bridgehead atoms. The number of amides is 1. The maximum absolute atomic E-state index is 12.2. The van der Waals surface area contributed by atoms with Gasteiger partial charge in [0.2, 0.25) is 5.91 Å². The molecule has 1 fully saturated rings. The molecule has 3 heterocycles. The highest BCUT2D eigenvalue weighted by Gasteiger charge is 2.16. The van der Waals surface area contributed by atoms with Crippen LogP contribution in [0.25, 0.3) is 0 Å². The summed E-state index contributed by atoms with van der Waals surface area (Å²) in [6.45, 7) is 4.48. The van der Waals surface area contributed by atoms with E-state index in [0.29, 0.717) is 6.54 Å². The van der Waals surface area contributed by atoms with E-state index in [1.54, 1.807) is 17.1 Å². The number of nitrogens with one attached hydrogen (secondary N) is 1. The Morgan fingerprint density at radius 1 is 1.36 bits per heavy atom. The molecule has 1 amide bonds. The molecule has 1 saturated heterocycles. The minimum Gasteiger partial charge on any atom is -0.357 e. The molecule has 0 radical (unpaired) electrons. The quantitative estimate of drug-likeness (QED) is 0.913. The van der Waals surface area contributed by atoms with E-state index in [1.165, 1.54) is 12.8 Å². The van der Waals surface area contributed by atoms with Crippen molar-refractivity contribution >= 4 is 11.7 Å². The Bertz CT molecular complexity index is 619. The van der Waals surface area contributed by atoms with Gasteiger partial charge in [0, 0.05) is 38.2 Å². The van der Waals surface area contributed by atoms with Crippen molar-refractivity contribution < 1.29 is 4.79 Å². The Labute approximate surface area is 130 Å². The highest BCUT2D eigenvalue weighted by molar-refractivity contribution is 5.79. The van der Waals surface area contributed by atoms with Gasteiger partial charge < -0.3 is 10.2 Å². The first-order valence-electron chi connectivity index (χ1n) is 7.71. The van der Waals surface area contributed by atoms with E-state index in [0.717, 1.165) is 24.5 Å². The Hall–Kier alpha value is -2.37. The van der Waals surface area contributed by atoms with Crippen molar-refractivity contribution in [3.63, 3.8) is 0 Å². The van der Waals surface area contributed by atoms with Gasteiger partial charge in [0.1, 0.15) is 11.9 Å². The number of hydrogen-bond acceptors (Lipinski definition) is 4. The number of pyridine rings is 1. The monoisotopic (exact) mass is 299 g/mol. The van der Waals surface area contributed by atoms with Gasteiger partial charge in [-0.25, -0.2) is 4.98 Å². The molecule has 0 unspecified atom stereocenters. The van der Waals surface area contributed by atoms with Crippen LogP contribution in [0.15, 0.2) is 36.8 Å². The number of rotatable bonds is 5. The first-order chi connectivity index (χ1) is 10.7. The highest BCUT2D eigenvalue weighted by atomic mass is 16.2. The molecular weight excluding hydrogens is 278 g/mol. The molecule has 6 heteroatoms. The minimum absolute atomic E-state index is 0.0387. The van der Waals surface area contributed by atoms with Crippen LogP contribution in [-0.2, 0) is 11.3 Å². The lowest BCUT2D eigenvalue weighted by molar-refractivity contribution is -0.124. The van der Waals surface area contributed by atoms with Crippen LogP contribution in [0.2, 0.25) is 0 Å². The molecule has 0 saturated carbocycles. The van der Waals surface area contributed by atoms with Crippen LogP contribution in [0.5, 0.6) is 0 Å². The van der Waals surface area contributed by atoms with Crippen LogP contribution >= 0.6 is 0 Å². The van der Waals surface area contributed by atoms with Crippen LogP contribution in [0.4, 0.5) is 5.82 Å². The van der Waals surface area contributed by atoms with Crippen molar-refractivity contribution in [1.82, 2.24) is 20.1 Å². The Kier molecular flexibility index (Phi) is 4.37. The third-order valence-electron chi connectivity index (χ3n) is 4.01. The topological polar surface area (TPSA) is 63.1 Å². The van der Waals surface area contributed by atoms with Gasteiger partial charge in [0.15, 0.2) is 0 Å². The number of carbonyl (C=O) groups excluding carboxylic acids is 1. The maximum atomic E-state index is 12.2. The number of nitrogens with zero attached hydrogens (tertiary/aromatic N) is 4. The summed E-state index contributed by atoms with van der Waals surface area (Å²) in [6, 6.07) is 5.51. The van der Waals surface area contributed by atoms with Gasteiger partial charge in [-0.1, -0.05) is 0 Å². The van der Waals surface area contributed by atoms with E-state index in [4.69, 9.17) is 0 Å². The van der Waals surface area contributed by atoms with Crippen molar-refractivity contribution in [2.75, 3.05) is 18.0 Å². The lowest BCUT2D eigenvalue weighted by atomic mass is 10.2. The van der Waals surface area contributed by atoms with Gasteiger partial charge in [-0.2, -0.15) is 5.10 Å². The van der Waals surface area contributed by atoms with Crippen LogP contribution in [0.3, 0.4) is 0 Å². The maximum Gasteiger partial charge on any atom is 0.244 e. The Morgan fingerprint density at radius 2 is 2.18 bits per heavy atom. The SMILES string of the molecule is C[C@@H](C(=O)NCc1ccnc(N2CCCC2)c1)n1cccn1. The summed E-state index contributed by atoms with van der Waals surface area (Å²) in [5.41, 5.74) is 1.07. The third kappa shape index (κ3) is 3.27. The van der Waals surface area contributed by atoms with Crippen molar-refractivity contribution in [3.05, 3.63) is 42.4 Å². The molecule has 2 aromatic heterocycles. The molecular formula is C16H21N5O. The molecule has 1 aliphatic rings. The van der Waals surface area contributed by atoms with Crippen molar-refractivity contribution in [2.45, 2.75) is 32.4 Å². The molecule has 6 nitrogen and oxygen atoms in total. The Balaban J connectivity index is 1.59. The van der Waals surface area contributed by atoms with E-state index in [1.807, 2.05) is 25.3 Å². The van der Waals surface area contributed by atoms with E-state index in [2.05, 4.69) is 26.4 Å². The summed E-state index contributed by atoms with van der Waals surface area (Å²) >= 11 is 0. The molecule has 2 aromatic rings. The predicted molar refractivity (Wildman–Crippen MR) is 84.5 cm³/mol. The first kappa shape index (κ1) is 14.6. The van der Waals surface area contributed by atoms with Crippen LogP contribution in [0.1, 0.15) is 31.4 Å². The molecule has 116 valence electrons. The summed E-state index contributed by atoms with van der Waals surface area (Å²) < 4.78 is 1.65. The van der Waals surface area contributed by atoms with Crippen LogP contribution in [0, 0.1) is 0 Å². The summed E-state index contributed by atoms with van der Waals surface area (Å²) in [5.74, 6) is 0.965. The fraction of sp³-hybridized carbons (Fsp3) is 0.438. The van der Waals surface area contributed by atoms with Gasteiger partial charge >= 0.3 is 0 Å². The van der Waals surface area contributed by atoms with Gasteiger partial charge in [-0.05, 0) is 43.5 Å². The van der Waals surface area contributed by atoms with Crippen molar-refractivity contribution in [2.24, 2.45) is 0 Å². The van der Waals surface area contributed by atoms with Gasteiger partial charge in [0.25, 0.3) is 0 Å². The molecule has 0 spiro atoms. The molecule has 0 aromatic carbocycles. The summed E-state index contributed by atoms with van der Waals surface area (Å²) in [6.07, 6.45) is 7.73. The summed E-state index contributed by atoms with van der Waals surface area (Å²) in [7, 11) is 0. The number of aromatic nitrogens is 3. The van der Waals surface area contributed by atoms with Crippen molar-refractivity contribution in [3.8, 4) is 0 Å². The second kappa shape index (κ2) is 6.60. The molecule has 1 aliphatic heterocycles. The second-order valence-electron chi connectivity index (χ2n) is 5.60. The first-order valence-corrected chi connectivity index (χ1v) is 7.71. The number of anilines is 1. The average Bonchev–Trinajstić information content (AvgIpc) is 3.24. The lowest BCUT2D eigenvalue weighted by Gasteiger charge is -2.17. The second-order valence-corrected chi connectivity index (χ2v) is 5.60. The van der Waals surface area contributed by atoms with Gasteiger partial charge in [0.05, 0.1) is 0 Å². The molecule has 1 N–H and O–H groups in total. The number of carbonyl (C=O) groups is 1. The fourth-order valence-corrected chi connectivity index (χ4v) is 2.66. The molecule has 0 aliphatic carbocycles. The highest BCUT2D eigenvalue weighted by Crippen LogP contribution is 2.18. The zero-order valence-corrected chi connectivity index (χ0v) is 12.8. The fourth-order valence-electron chi connectivity index (χ4n) is 2.66. The average molecular weight is 299 g/mol. The normalized spacial score (nSPS) is 15.8. The van der Waals surface area contributed by atoms with E-state index in [9.17, 15) is 4.79 Å². The molecule has 22 heavy (non-hydrogen) atoms. The van der Waals surface area contributed by atoms with E-state index < -0.39 is 0 Å². The largest absolute Gasteiger partial charge is 0.357 e. The van der Waals surface area contributed by atoms with Gasteiger partial charge in [-0.3, -0.25) is 9.48 Å². The van der Waals surface area contributed by atoms with Crippen LogP contribution < -0.4 is 10.2 Å². The molecule has 1 atom stereocenters. The zero-order valence-electron chi connectivity index (χ0n) is 12.8. The summed E-state index contributed by atoms with van der Waals surface area (Å²) in [5, 5.41) is 7.06.